The Morgan fingerprint density at radius 3 is 2.12 bits per heavy atom. The van der Waals surface area contributed by atoms with Gasteiger partial charge in [-0.3, -0.25) is 13.9 Å². The van der Waals surface area contributed by atoms with Crippen molar-refractivity contribution in [1.82, 2.24) is 4.90 Å². The van der Waals surface area contributed by atoms with E-state index in [1.165, 1.54) is 23.5 Å². The van der Waals surface area contributed by atoms with Crippen molar-refractivity contribution in [3.8, 4) is 0 Å². The van der Waals surface area contributed by atoms with Gasteiger partial charge in [0.15, 0.2) is 0 Å². The topological polar surface area (TPSA) is 86.8 Å². The molecule has 0 bridgehead atoms. The number of para-hydroxylation sites is 1. The van der Waals surface area contributed by atoms with E-state index in [9.17, 15) is 18.0 Å². The number of sulfonamides is 1. The first-order chi connectivity index (χ1) is 16.4. The molecule has 1 aliphatic heterocycles. The molecule has 0 spiro atoms. The van der Waals surface area contributed by atoms with Gasteiger partial charge in [0.1, 0.15) is 0 Å². The van der Waals surface area contributed by atoms with Gasteiger partial charge >= 0.3 is 0 Å². The van der Waals surface area contributed by atoms with Crippen molar-refractivity contribution in [3.63, 3.8) is 0 Å². The molecule has 34 heavy (non-hydrogen) atoms. The molecule has 176 valence electrons. The number of carbonyl (C=O) groups excluding carboxylic acids is 2. The SMILES string of the molecule is CN(c1ccc(C(=O)Nc2ccccc2C(=O)N2CCCCC2)cc1)S(=O)(=O)c1ccccc1. The van der Waals surface area contributed by atoms with Gasteiger partial charge in [0.25, 0.3) is 21.8 Å². The number of piperidine rings is 1. The Bertz CT molecular complexity index is 1270. The largest absolute Gasteiger partial charge is 0.339 e. The number of rotatable bonds is 6. The van der Waals surface area contributed by atoms with E-state index in [4.69, 9.17) is 0 Å². The summed E-state index contributed by atoms with van der Waals surface area (Å²) in [6.07, 6.45) is 3.10. The van der Waals surface area contributed by atoms with Crippen LogP contribution < -0.4 is 9.62 Å². The minimum absolute atomic E-state index is 0.0845. The van der Waals surface area contributed by atoms with E-state index in [1.807, 2.05) is 4.90 Å². The molecule has 3 aromatic rings. The van der Waals surface area contributed by atoms with Gasteiger partial charge in [-0.2, -0.15) is 0 Å². The first-order valence-corrected chi connectivity index (χ1v) is 12.7. The van der Waals surface area contributed by atoms with Crippen LogP contribution in [0.4, 0.5) is 11.4 Å². The second kappa shape index (κ2) is 10.1. The van der Waals surface area contributed by atoms with E-state index in [2.05, 4.69) is 5.32 Å². The van der Waals surface area contributed by atoms with E-state index in [-0.39, 0.29) is 16.7 Å². The zero-order chi connectivity index (χ0) is 24.1. The minimum atomic E-state index is -3.71. The van der Waals surface area contributed by atoms with Crippen molar-refractivity contribution >= 4 is 33.2 Å². The van der Waals surface area contributed by atoms with Gasteiger partial charge in [0.2, 0.25) is 0 Å². The van der Waals surface area contributed by atoms with Crippen LogP contribution >= 0.6 is 0 Å². The van der Waals surface area contributed by atoms with Crippen LogP contribution in [0, 0.1) is 0 Å². The minimum Gasteiger partial charge on any atom is -0.339 e. The number of hydrogen-bond acceptors (Lipinski definition) is 4. The van der Waals surface area contributed by atoms with Crippen molar-refractivity contribution in [2.75, 3.05) is 29.8 Å². The monoisotopic (exact) mass is 477 g/mol. The molecule has 0 saturated carbocycles. The first kappa shape index (κ1) is 23.5. The maximum absolute atomic E-state index is 13.0. The lowest BCUT2D eigenvalue weighted by Crippen LogP contribution is -2.36. The average Bonchev–Trinajstić information content (AvgIpc) is 2.89. The fourth-order valence-corrected chi connectivity index (χ4v) is 5.17. The number of anilines is 2. The van der Waals surface area contributed by atoms with Crippen LogP contribution in [0.1, 0.15) is 40.0 Å². The van der Waals surface area contributed by atoms with Crippen molar-refractivity contribution in [1.29, 1.82) is 0 Å². The van der Waals surface area contributed by atoms with E-state index in [0.29, 0.717) is 22.5 Å². The quantitative estimate of drug-likeness (QED) is 0.571. The lowest BCUT2D eigenvalue weighted by atomic mass is 10.1. The summed E-state index contributed by atoms with van der Waals surface area (Å²) in [4.78, 5) is 27.9. The highest BCUT2D eigenvalue weighted by atomic mass is 32.2. The van der Waals surface area contributed by atoms with Gasteiger partial charge in [-0.25, -0.2) is 8.42 Å². The van der Waals surface area contributed by atoms with Crippen molar-refractivity contribution in [2.24, 2.45) is 0 Å². The summed E-state index contributed by atoms with van der Waals surface area (Å²) >= 11 is 0. The van der Waals surface area contributed by atoms with Crippen molar-refractivity contribution < 1.29 is 18.0 Å². The fraction of sp³-hybridized carbons (Fsp3) is 0.231. The highest BCUT2D eigenvalue weighted by molar-refractivity contribution is 7.92. The summed E-state index contributed by atoms with van der Waals surface area (Å²) in [5.74, 6) is -0.460. The number of benzene rings is 3. The zero-order valence-electron chi connectivity index (χ0n) is 19.0. The second-order valence-electron chi connectivity index (χ2n) is 8.19. The maximum atomic E-state index is 13.0. The molecule has 3 aromatic carbocycles. The van der Waals surface area contributed by atoms with Crippen molar-refractivity contribution in [3.05, 3.63) is 90.0 Å². The molecule has 1 saturated heterocycles. The van der Waals surface area contributed by atoms with Gasteiger partial charge in [0, 0.05) is 25.7 Å². The highest BCUT2D eigenvalue weighted by Crippen LogP contribution is 2.24. The van der Waals surface area contributed by atoms with Crippen LogP contribution in [-0.2, 0) is 10.0 Å². The summed E-state index contributed by atoms with van der Waals surface area (Å²) in [5, 5.41) is 2.83. The maximum Gasteiger partial charge on any atom is 0.264 e. The zero-order valence-corrected chi connectivity index (χ0v) is 19.8. The molecule has 0 aliphatic carbocycles. The molecule has 1 fully saturated rings. The average molecular weight is 478 g/mol. The molecular formula is C26H27N3O4S. The molecule has 7 nitrogen and oxygen atoms in total. The van der Waals surface area contributed by atoms with Crippen LogP contribution in [0.5, 0.6) is 0 Å². The van der Waals surface area contributed by atoms with Crippen LogP contribution in [-0.4, -0.2) is 45.3 Å². The third kappa shape index (κ3) is 4.97. The highest BCUT2D eigenvalue weighted by Gasteiger charge is 2.23. The molecule has 1 heterocycles. The van der Waals surface area contributed by atoms with Crippen LogP contribution in [0.2, 0.25) is 0 Å². The third-order valence-corrected chi connectivity index (χ3v) is 7.74. The summed E-state index contributed by atoms with van der Waals surface area (Å²) in [6, 6.07) is 21.5. The molecule has 4 rings (SSSR count). The van der Waals surface area contributed by atoms with Gasteiger partial charge in [0.05, 0.1) is 21.8 Å². The van der Waals surface area contributed by atoms with Crippen LogP contribution in [0.25, 0.3) is 0 Å². The molecule has 1 aliphatic rings. The summed E-state index contributed by atoms with van der Waals surface area (Å²) in [6.45, 7) is 1.45. The molecule has 1 N–H and O–H groups in total. The Balaban J connectivity index is 1.49. The predicted octanol–water partition coefficient (Wildman–Crippen LogP) is 4.39. The standard InChI is InChI=1S/C26H27N3O4S/c1-28(34(32,33)22-10-4-2-5-11-22)21-16-14-20(15-17-21)25(30)27-24-13-7-6-12-23(24)26(31)29-18-8-3-9-19-29/h2,4-7,10-17H,3,8-9,18-19H2,1H3,(H,27,30). The Morgan fingerprint density at radius 2 is 1.44 bits per heavy atom. The number of nitrogens with zero attached hydrogens (tertiary/aromatic N) is 2. The third-order valence-electron chi connectivity index (χ3n) is 5.94. The number of hydrogen-bond donors (Lipinski definition) is 1. The lowest BCUT2D eigenvalue weighted by molar-refractivity contribution is 0.0725. The Kier molecular flexibility index (Phi) is 6.98. The summed E-state index contributed by atoms with van der Waals surface area (Å²) < 4.78 is 26.8. The second-order valence-corrected chi connectivity index (χ2v) is 10.2. The molecule has 0 radical (unpaired) electrons. The normalized spacial score (nSPS) is 13.9. The van der Waals surface area contributed by atoms with E-state index in [1.54, 1.807) is 66.7 Å². The van der Waals surface area contributed by atoms with Crippen molar-refractivity contribution in [2.45, 2.75) is 24.2 Å². The Labute approximate surface area is 200 Å². The number of amides is 2. The van der Waals surface area contributed by atoms with E-state index >= 15 is 0 Å². The molecule has 0 unspecified atom stereocenters. The fourth-order valence-electron chi connectivity index (χ4n) is 3.95. The molecule has 8 heteroatoms. The van der Waals surface area contributed by atoms with Crippen LogP contribution in [0.15, 0.2) is 83.8 Å². The molecule has 2 amide bonds. The van der Waals surface area contributed by atoms with Gasteiger partial charge in [-0.15, -0.1) is 0 Å². The Morgan fingerprint density at radius 1 is 0.824 bits per heavy atom. The predicted molar refractivity (Wildman–Crippen MR) is 133 cm³/mol. The van der Waals surface area contributed by atoms with Crippen LogP contribution in [0.3, 0.4) is 0 Å². The van der Waals surface area contributed by atoms with Gasteiger partial charge in [-0.1, -0.05) is 30.3 Å². The summed E-state index contributed by atoms with van der Waals surface area (Å²) in [7, 11) is -2.24. The number of carbonyl (C=O) groups is 2. The smallest absolute Gasteiger partial charge is 0.264 e. The Hall–Kier alpha value is -3.65. The number of nitrogens with one attached hydrogen (secondary N) is 1. The van der Waals surface area contributed by atoms with Gasteiger partial charge in [-0.05, 0) is 67.8 Å². The van der Waals surface area contributed by atoms with E-state index < -0.39 is 10.0 Å². The lowest BCUT2D eigenvalue weighted by Gasteiger charge is -2.27. The molecule has 0 aromatic heterocycles. The number of likely N-dealkylation sites (tertiary alicyclic amines) is 1. The molecule has 0 atom stereocenters. The summed E-state index contributed by atoms with van der Waals surface area (Å²) in [5.41, 5.74) is 1.70. The van der Waals surface area contributed by atoms with E-state index in [0.717, 1.165) is 32.4 Å². The van der Waals surface area contributed by atoms with Gasteiger partial charge < -0.3 is 10.2 Å². The first-order valence-electron chi connectivity index (χ1n) is 11.2. The molecular weight excluding hydrogens is 450 g/mol.